The Hall–Kier alpha value is -2.11. The van der Waals surface area contributed by atoms with Gasteiger partial charge in [0, 0.05) is 43.4 Å². The fourth-order valence-electron chi connectivity index (χ4n) is 2.12. The third-order valence-corrected chi connectivity index (χ3v) is 3.17. The minimum atomic E-state index is -0.421. The fourth-order valence-corrected chi connectivity index (χ4v) is 2.12. The number of hydrogen-bond acceptors (Lipinski definition) is 4. The normalized spacial score (nSPS) is 18.1. The van der Waals surface area contributed by atoms with Gasteiger partial charge < -0.3 is 10.1 Å². The number of carbonyl (C=O) groups excluding carboxylic acids is 2. The molecule has 0 fully saturated rings. The lowest BCUT2D eigenvalue weighted by Crippen LogP contribution is -2.35. The number of hydrogen-bond donors (Lipinski definition) is 1. The van der Waals surface area contributed by atoms with Crippen LogP contribution < -0.4 is 5.32 Å². The summed E-state index contributed by atoms with van der Waals surface area (Å²) in [5, 5.41) is 6.97. The van der Waals surface area contributed by atoms with Gasteiger partial charge in [0.25, 0.3) is 0 Å². The largest absolute Gasteiger partial charge is 0.466 e. The summed E-state index contributed by atoms with van der Waals surface area (Å²) in [6.07, 6.45) is 6.15. The van der Waals surface area contributed by atoms with Crippen LogP contribution in [0.2, 0.25) is 0 Å². The molecular formula is C13H17N3O3. The number of amides is 1. The van der Waals surface area contributed by atoms with Gasteiger partial charge in [0.15, 0.2) is 0 Å². The Morgan fingerprint density at radius 1 is 1.63 bits per heavy atom. The molecule has 2 heterocycles. The van der Waals surface area contributed by atoms with Gasteiger partial charge in [-0.3, -0.25) is 9.48 Å². The first kappa shape index (κ1) is 13.3. The van der Waals surface area contributed by atoms with E-state index < -0.39 is 5.97 Å². The van der Waals surface area contributed by atoms with Crippen LogP contribution in [-0.4, -0.2) is 35.3 Å². The van der Waals surface area contributed by atoms with Crippen LogP contribution in [0, 0.1) is 5.92 Å². The molecule has 1 aromatic rings. The Balaban J connectivity index is 1.79. The molecule has 1 aromatic heterocycles. The number of nitrogens with one attached hydrogen (secondary N) is 1. The van der Waals surface area contributed by atoms with E-state index in [1.807, 2.05) is 10.7 Å². The molecule has 1 aliphatic rings. The van der Waals surface area contributed by atoms with Crippen LogP contribution >= 0.6 is 0 Å². The summed E-state index contributed by atoms with van der Waals surface area (Å²) in [6.45, 7) is 1.11. The second kappa shape index (κ2) is 6.17. The van der Waals surface area contributed by atoms with Crippen molar-refractivity contribution in [3.05, 3.63) is 30.1 Å². The topological polar surface area (TPSA) is 73.2 Å². The van der Waals surface area contributed by atoms with Crippen LogP contribution in [0.15, 0.2) is 24.4 Å². The third-order valence-electron chi connectivity index (χ3n) is 3.17. The molecule has 102 valence electrons. The van der Waals surface area contributed by atoms with Crippen LogP contribution in [0.4, 0.5) is 0 Å². The monoisotopic (exact) mass is 263 g/mol. The minimum Gasteiger partial charge on any atom is -0.466 e. The summed E-state index contributed by atoms with van der Waals surface area (Å²) in [6, 6.07) is 1.94. The molecule has 1 unspecified atom stereocenters. The molecular weight excluding hydrogens is 246 g/mol. The van der Waals surface area contributed by atoms with E-state index in [1.165, 1.54) is 13.2 Å². The molecule has 1 amide bonds. The van der Waals surface area contributed by atoms with Crippen molar-refractivity contribution in [2.45, 2.75) is 19.4 Å². The molecule has 0 saturated carbocycles. The molecule has 0 saturated heterocycles. The third kappa shape index (κ3) is 3.43. The number of ether oxygens (including phenoxy) is 1. The Morgan fingerprint density at radius 2 is 2.47 bits per heavy atom. The number of fused-ring (bicyclic) bond motifs is 1. The standard InChI is InChI=1S/C13H17N3O3/c1-19-12(17)3-2-6-14-13(18)10-5-8-16-11(9-10)4-7-15-16/h2-4,7,10H,5-6,8-9H2,1H3,(H,14,18)/b3-2+. The van der Waals surface area contributed by atoms with Gasteiger partial charge in [-0.15, -0.1) is 0 Å². The Kier molecular flexibility index (Phi) is 4.33. The van der Waals surface area contributed by atoms with Gasteiger partial charge in [0.05, 0.1) is 7.11 Å². The van der Waals surface area contributed by atoms with Crippen molar-refractivity contribution in [3.63, 3.8) is 0 Å². The number of nitrogens with zero attached hydrogens (tertiary/aromatic N) is 2. The number of aryl methyl sites for hydroxylation is 1. The maximum Gasteiger partial charge on any atom is 0.330 e. The van der Waals surface area contributed by atoms with Crippen molar-refractivity contribution in [2.24, 2.45) is 5.92 Å². The molecule has 2 rings (SSSR count). The van der Waals surface area contributed by atoms with Gasteiger partial charge in [0.2, 0.25) is 5.91 Å². The SMILES string of the molecule is COC(=O)/C=C/CNC(=O)C1CCn2nccc2C1. The molecule has 1 N–H and O–H groups in total. The number of carbonyl (C=O) groups is 2. The highest BCUT2D eigenvalue weighted by atomic mass is 16.5. The summed E-state index contributed by atoms with van der Waals surface area (Å²) in [5.74, 6) is -0.423. The van der Waals surface area contributed by atoms with E-state index >= 15 is 0 Å². The predicted molar refractivity (Wildman–Crippen MR) is 68.2 cm³/mol. The van der Waals surface area contributed by atoms with Gasteiger partial charge >= 0.3 is 5.97 Å². The van der Waals surface area contributed by atoms with Crippen LogP contribution in [0.1, 0.15) is 12.1 Å². The van der Waals surface area contributed by atoms with E-state index in [1.54, 1.807) is 12.3 Å². The lowest BCUT2D eigenvalue weighted by molar-refractivity contribution is -0.135. The molecule has 0 spiro atoms. The Labute approximate surface area is 111 Å². The van der Waals surface area contributed by atoms with Crippen molar-refractivity contribution in [3.8, 4) is 0 Å². The van der Waals surface area contributed by atoms with Crippen molar-refractivity contribution in [2.75, 3.05) is 13.7 Å². The molecule has 1 atom stereocenters. The number of methoxy groups -OCH3 is 1. The molecule has 19 heavy (non-hydrogen) atoms. The molecule has 0 aliphatic carbocycles. The molecule has 0 aromatic carbocycles. The van der Waals surface area contributed by atoms with Crippen molar-refractivity contribution >= 4 is 11.9 Å². The predicted octanol–water partition coefficient (Wildman–Crippen LogP) is 0.291. The highest BCUT2D eigenvalue weighted by molar-refractivity contribution is 5.82. The molecule has 6 nitrogen and oxygen atoms in total. The van der Waals surface area contributed by atoms with Crippen LogP contribution in [-0.2, 0) is 27.3 Å². The van der Waals surface area contributed by atoms with E-state index in [-0.39, 0.29) is 11.8 Å². The Morgan fingerprint density at radius 3 is 3.26 bits per heavy atom. The van der Waals surface area contributed by atoms with Crippen LogP contribution in [0.3, 0.4) is 0 Å². The summed E-state index contributed by atoms with van der Waals surface area (Å²) >= 11 is 0. The molecule has 6 heteroatoms. The van der Waals surface area contributed by atoms with E-state index in [9.17, 15) is 9.59 Å². The fraction of sp³-hybridized carbons (Fsp3) is 0.462. The average molecular weight is 263 g/mol. The second-order valence-electron chi connectivity index (χ2n) is 4.41. The van der Waals surface area contributed by atoms with Gasteiger partial charge in [-0.25, -0.2) is 4.79 Å². The molecule has 0 radical (unpaired) electrons. The first-order valence-corrected chi connectivity index (χ1v) is 6.23. The van der Waals surface area contributed by atoms with Gasteiger partial charge in [0.1, 0.15) is 0 Å². The van der Waals surface area contributed by atoms with Gasteiger partial charge in [-0.1, -0.05) is 6.08 Å². The van der Waals surface area contributed by atoms with Crippen molar-refractivity contribution in [1.29, 1.82) is 0 Å². The van der Waals surface area contributed by atoms with Crippen LogP contribution in [0.5, 0.6) is 0 Å². The zero-order chi connectivity index (χ0) is 13.7. The maximum atomic E-state index is 12.0. The van der Waals surface area contributed by atoms with E-state index in [4.69, 9.17) is 0 Å². The lowest BCUT2D eigenvalue weighted by Gasteiger charge is -2.22. The van der Waals surface area contributed by atoms with Crippen molar-refractivity contribution in [1.82, 2.24) is 15.1 Å². The number of rotatable bonds is 4. The van der Waals surface area contributed by atoms with Crippen LogP contribution in [0.25, 0.3) is 0 Å². The van der Waals surface area contributed by atoms with Crippen molar-refractivity contribution < 1.29 is 14.3 Å². The summed E-state index contributed by atoms with van der Waals surface area (Å²) in [7, 11) is 1.32. The smallest absolute Gasteiger partial charge is 0.330 e. The second-order valence-corrected chi connectivity index (χ2v) is 4.41. The molecule has 0 bridgehead atoms. The first-order chi connectivity index (χ1) is 9.20. The Bertz CT molecular complexity index is 493. The summed E-state index contributed by atoms with van der Waals surface area (Å²) in [4.78, 5) is 22.8. The zero-order valence-electron chi connectivity index (χ0n) is 10.8. The van der Waals surface area contributed by atoms with E-state index in [0.717, 1.165) is 18.7 Å². The van der Waals surface area contributed by atoms with Gasteiger partial charge in [-0.05, 0) is 12.5 Å². The van der Waals surface area contributed by atoms with E-state index in [0.29, 0.717) is 13.0 Å². The summed E-state index contributed by atoms with van der Waals surface area (Å²) in [5.41, 5.74) is 1.09. The van der Waals surface area contributed by atoms with E-state index in [2.05, 4.69) is 15.2 Å². The maximum absolute atomic E-state index is 12.0. The highest BCUT2D eigenvalue weighted by Gasteiger charge is 2.24. The quantitative estimate of drug-likeness (QED) is 0.626. The highest BCUT2D eigenvalue weighted by Crippen LogP contribution is 2.19. The summed E-state index contributed by atoms with van der Waals surface area (Å²) < 4.78 is 6.39. The number of aromatic nitrogens is 2. The average Bonchev–Trinajstić information content (AvgIpc) is 2.90. The number of esters is 1. The van der Waals surface area contributed by atoms with Gasteiger partial charge in [-0.2, -0.15) is 5.10 Å². The zero-order valence-corrected chi connectivity index (χ0v) is 10.8. The molecule has 1 aliphatic heterocycles. The lowest BCUT2D eigenvalue weighted by atomic mass is 9.95. The minimum absolute atomic E-state index is 0.0157. The first-order valence-electron chi connectivity index (χ1n) is 6.23.